The SMILES string of the molecule is CC1CCN(CC(N)CCc2ccccc2)CC1. The number of nitrogens with two attached hydrogens (primary N) is 1. The van der Waals surface area contributed by atoms with Gasteiger partial charge in [-0.1, -0.05) is 37.3 Å². The average Bonchev–Trinajstić information content (AvgIpc) is 2.40. The molecule has 1 atom stereocenters. The van der Waals surface area contributed by atoms with Gasteiger partial charge in [0.25, 0.3) is 0 Å². The fourth-order valence-electron chi connectivity index (χ4n) is 2.66. The zero-order valence-electron chi connectivity index (χ0n) is 11.5. The average molecular weight is 246 g/mol. The number of rotatable bonds is 5. The molecule has 0 aromatic heterocycles. The number of hydrogen-bond donors (Lipinski definition) is 1. The minimum Gasteiger partial charge on any atom is -0.327 e. The van der Waals surface area contributed by atoms with Crippen molar-refractivity contribution in [1.82, 2.24) is 4.90 Å². The summed E-state index contributed by atoms with van der Waals surface area (Å²) in [6, 6.07) is 11.0. The fraction of sp³-hybridized carbons (Fsp3) is 0.625. The van der Waals surface area contributed by atoms with Crippen LogP contribution in [0.4, 0.5) is 0 Å². The number of piperidine rings is 1. The van der Waals surface area contributed by atoms with Gasteiger partial charge in [-0.15, -0.1) is 0 Å². The van der Waals surface area contributed by atoms with Crippen molar-refractivity contribution < 1.29 is 0 Å². The first-order valence-corrected chi connectivity index (χ1v) is 7.26. The summed E-state index contributed by atoms with van der Waals surface area (Å²) < 4.78 is 0. The third-order valence-corrected chi connectivity index (χ3v) is 4.02. The Morgan fingerprint density at radius 3 is 2.56 bits per heavy atom. The van der Waals surface area contributed by atoms with Crippen LogP contribution in [0.2, 0.25) is 0 Å². The second kappa shape index (κ2) is 6.91. The molecular formula is C16H26N2. The van der Waals surface area contributed by atoms with Gasteiger partial charge in [0.1, 0.15) is 0 Å². The first-order chi connectivity index (χ1) is 8.74. The first kappa shape index (κ1) is 13.6. The van der Waals surface area contributed by atoms with Crippen LogP contribution < -0.4 is 5.73 Å². The van der Waals surface area contributed by atoms with E-state index in [4.69, 9.17) is 5.73 Å². The van der Waals surface area contributed by atoms with E-state index in [0.29, 0.717) is 6.04 Å². The summed E-state index contributed by atoms with van der Waals surface area (Å²) in [4.78, 5) is 2.54. The summed E-state index contributed by atoms with van der Waals surface area (Å²) in [5.74, 6) is 0.904. The zero-order chi connectivity index (χ0) is 12.8. The predicted molar refractivity (Wildman–Crippen MR) is 77.6 cm³/mol. The highest BCUT2D eigenvalue weighted by molar-refractivity contribution is 5.14. The number of likely N-dealkylation sites (tertiary alicyclic amines) is 1. The molecule has 0 radical (unpaired) electrons. The molecule has 0 spiro atoms. The highest BCUT2D eigenvalue weighted by atomic mass is 15.1. The molecule has 100 valence electrons. The van der Waals surface area contributed by atoms with E-state index in [1.165, 1.54) is 31.5 Å². The molecule has 1 aliphatic heterocycles. The molecule has 1 unspecified atom stereocenters. The Kier molecular flexibility index (Phi) is 5.21. The largest absolute Gasteiger partial charge is 0.327 e. The molecule has 0 saturated carbocycles. The predicted octanol–water partition coefficient (Wildman–Crippen LogP) is 2.68. The number of nitrogens with zero attached hydrogens (tertiary/aromatic N) is 1. The molecule has 2 nitrogen and oxygen atoms in total. The van der Waals surface area contributed by atoms with Gasteiger partial charge in [0, 0.05) is 12.6 Å². The molecule has 2 heteroatoms. The number of aryl methyl sites for hydroxylation is 1. The molecule has 2 N–H and O–H groups in total. The molecule has 1 aromatic carbocycles. The van der Waals surface area contributed by atoms with Crippen LogP contribution >= 0.6 is 0 Å². The molecule has 1 heterocycles. The fourth-order valence-corrected chi connectivity index (χ4v) is 2.66. The second-order valence-corrected chi connectivity index (χ2v) is 5.77. The van der Waals surface area contributed by atoms with Gasteiger partial charge < -0.3 is 10.6 Å². The van der Waals surface area contributed by atoms with Crippen LogP contribution in [0.15, 0.2) is 30.3 Å². The van der Waals surface area contributed by atoms with Gasteiger partial charge >= 0.3 is 0 Å². The Labute approximate surface area is 111 Å². The monoisotopic (exact) mass is 246 g/mol. The van der Waals surface area contributed by atoms with E-state index >= 15 is 0 Å². The van der Waals surface area contributed by atoms with Gasteiger partial charge in [-0.25, -0.2) is 0 Å². The van der Waals surface area contributed by atoms with Crippen LogP contribution in [0, 0.1) is 5.92 Å². The van der Waals surface area contributed by atoms with Crippen molar-refractivity contribution in [2.45, 2.75) is 38.6 Å². The van der Waals surface area contributed by atoms with E-state index in [9.17, 15) is 0 Å². The van der Waals surface area contributed by atoms with Crippen molar-refractivity contribution >= 4 is 0 Å². The molecule has 1 aromatic rings. The highest BCUT2D eigenvalue weighted by Crippen LogP contribution is 2.16. The lowest BCUT2D eigenvalue weighted by Gasteiger charge is -2.32. The van der Waals surface area contributed by atoms with Gasteiger partial charge in [0.15, 0.2) is 0 Å². The van der Waals surface area contributed by atoms with Gasteiger partial charge in [-0.2, -0.15) is 0 Å². The summed E-state index contributed by atoms with van der Waals surface area (Å²) in [5, 5.41) is 0. The Bertz CT molecular complexity index is 328. The molecule has 1 saturated heterocycles. The molecule has 0 amide bonds. The minimum absolute atomic E-state index is 0.318. The summed E-state index contributed by atoms with van der Waals surface area (Å²) >= 11 is 0. The standard InChI is InChI=1S/C16H26N2/c1-14-9-11-18(12-10-14)13-16(17)8-7-15-5-3-2-4-6-15/h2-6,14,16H,7-13,17H2,1H3. The molecular weight excluding hydrogens is 220 g/mol. The molecule has 18 heavy (non-hydrogen) atoms. The Hall–Kier alpha value is -0.860. The van der Waals surface area contributed by atoms with E-state index in [0.717, 1.165) is 25.3 Å². The molecule has 1 aliphatic rings. The normalized spacial score (nSPS) is 19.9. The van der Waals surface area contributed by atoms with Crippen molar-refractivity contribution in [3.63, 3.8) is 0 Å². The van der Waals surface area contributed by atoms with Crippen LogP contribution in [0.25, 0.3) is 0 Å². The highest BCUT2D eigenvalue weighted by Gasteiger charge is 2.17. The maximum absolute atomic E-state index is 6.25. The van der Waals surface area contributed by atoms with Crippen LogP contribution in [-0.2, 0) is 6.42 Å². The zero-order valence-corrected chi connectivity index (χ0v) is 11.5. The lowest BCUT2D eigenvalue weighted by molar-refractivity contribution is 0.181. The third-order valence-electron chi connectivity index (χ3n) is 4.02. The molecule has 2 rings (SSSR count). The van der Waals surface area contributed by atoms with Crippen molar-refractivity contribution in [3.05, 3.63) is 35.9 Å². The van der Waals surface area contributed by atoms with E-state index in [2.05, 4.69) is 42.2 Å². The van der Waals surface area contributed by atoms with Gasteiger partial charge in [0.05, 0.1) is 0 Å². The van der Waals surface area contributed by atoms with Crippen molar-refractivity contribution in [2.24, 2.45) is 11.7 Å². The van der Waals surface area contributed by atoms with Gasteiger partial charge in [0.2, 0.25) is 0 Å². The third kappa shape index (κ3) is 4.43. The summed E-state index contributed by atoms with van der Waals surface area (Å²) in [6.07, 6.45) is 4.87. The summed E-state index contributed by atoms with van der Waals surface area (Å²) in [7, 11) is 0. The maximum atomic E-state index is 6.25. The van der Waals surface area contributed by atoms with Crippen LogP contribution in [0.3, 0.4) is 0 Å². The van der Waals surface area contributed by atoms with E-state index in [1.807, 2.05) is 0 Å². The van der Waals surface area contributed by atoms with E-state index in [1.54, 1.807) is 0 Å². The van der Waals surface area contributed by atoms with E-state index < -0.39 is 0 Å². The van der Waals surface area contributed by atoms with Crippen LogP contribution in [0.5, 0.6) is 0 Å². The van der Waals surface area contributed by atoms with Crippen LogP contribution in [0.1, 0.15) is 31.7 Å². The van der Waals surface area contributed by atoms with Crippen molar-refractivity contribution in [3.8, 4) is 0 Å². The molecule has 1 fully saturated rings. The lowest BCUT2D eigenvalue weighted by Crippen LogP contribution is -2.41. The summed E-state index contributed by atoms with van der Waals surface area (Å²) in [6.45, 7) is 5.90. The molecule has 0 aliphatic carbocycles. The number of benzene rings is 1. The lowest BCUT2D eigenvalue weighted by atomic mass is 9.98. The van der Waals surface area contributed by atoms with Crippen molar-refractivity contribution in [2.75, 3.05) is 19.6 Å². The minimum atomic E-state index is 0.318. The van der Waals surface area contributed by atoms with Crippen LogP contribution in [-0.4, -0.2) is 30.6 Å². The van der Waals surface area contributed by atoms with E-state index in [-0.39, 0.29) is 0 Å². The molecule has 0 bridgehead atoms. The summed E-state index contributed by atoms with van der Waals surface area (Å²) in [5.41, 5.74) is 7.65. The number of hydrogen-bond acceptors (Lipinski definition) is 2. The maximum Gasteiger partial charge on any atom is 0.0170 e. The van der Waals surface area contributed by atoms with Gasteiger partial charge in [-0.05, 0) is 50.3 Å². The smallest absolute Gasteiger partial charge is 0.0170 e. The Balaban J connectivity index is 1.67. The first-order valence-electron chi connectivity index (χ1n) is 7.26. The van der Waals surface area contributed by atoms with Crippen molar-refractivity contribution in [1.29, 1.82) is 0 Å². The topological polar surface area (TPSA) is 29.3 Å². The quantitative estimate of drug-likeness (QED) is 0.865. The Morgan fingerprint density at radius 1 is 1.22 bits per heavy atom. The second-order valence-electron chi connectivity index (χ2n) is 5.77. The van der Waals surface area contributed by atoms with Gasteiger partial charge in [-0.3, -0.25) is 0 Å². The Morgan fingerprint density at radius 2 is 1.89 bits per heavy atom.